The van der Waals surface area contributed by atoms with Crippen molar-refractivity contribution in [3.63, 3.8) is 0 Å². The van der Waals surface area contributed by atoms with E-state index in [1.807, 2.05) is 67.8 Å². The van der Waals surface area contributed by atoms with Gasteiger partial charge in [-0.25, -0.2) is 15.0 Å². The van der Waals surface area contributed by atoms with Gasteiger partial charge in [-0.3, -0.25) is 4.79 Å². The minimum atomic E-state index is -0.808. The number of carboxylic acid groups (broad SMARTS) is 1. The molecule has 4 rings (SSSR count). The van der Waals surface area contributed by atoms with E-state index in [0.29, 0.717) is 18.3 Å². The van der Waals surface area contributed by atoms with Gasteiger partial charge >= 0.3 is 12.0 Å². The molecule has 2 aromatic heterocycles. The van der Waals surface area contributed by atoms with Gasteiger partial charge in [0.25, 0.3) is 0 Å². The Morgan fingerprint density at radius 1 is 1.12 bits per heavy atom. The van der Waals surface area contributed by atoms with Gasteiger partial charge in [-0.2, -0.15) is 0 Å². The highest BCUT2D eigenvalue weighted by Gasteiger charge is 2.18. The van der Waals surface area contributed by atoms with E-state index in [0.717, 1.165) is 39.5 Å². The zero-order chi connectivity index (χ0) is 23.9. The molecule has 0 amide bonds. The molecule has 0 spiro atoms. The standard InChI is InChI=1S/C26H26N4O3S/c1-3-17(13-24(31)32)19-10-11-21(23-16-34-25(30-23)18-8-6-5-7-9-18)22(12-19)29-20-14-27-26(28-15-20)33-4-2/h5-12,14-17,29H,3-4,13H2,1-2H3,(H,31,32)/t17-/m1/s1. The summed E-state index contributed by atoms with van der Waals surface area (Å²) < 4.78 is 5.34. The number of benzene rings is 2. The highest BCUT2D eigenvalue weighted by atomic mass is 32.1. The van der Waals surface area contributed by atoms with Crippen LogP contribution >= 0.6 is 11.3 Å². The van der Waals surface area contributed by atoms with Crippen molar-refractivity contribution in [1.29, 1.82) is 0 Å². The van der Waals surface area contributed by atoms with E-state index in [2.05, 4.69) is 15.3 Å². The van der Waals surface area contributed by atoms with Crippen LogP contribution in [-0.2, 0) is 4.79 Å². The summed E-state index contributed by atoms with van der Waals surface area (Å²) in [4.78, 5) is 24.7. The number of carboxylic acids is 1. The number of nitrogens with one attached hydrogen (secondary N) is 1. The molecular formula is C26H26N4O3S. The fourth-order valence-corrected chi connectivity index (χ4v) is 4.53. The number of hydrogen-bond donors (Lipinski definition) is 2. The van der Waals surface area contributed by atoms with Gasteiger partial charge in [-0.1, -0.05) is 49.4 Å². The van der Waals surface area contributed by atoms with Gasteiger partial charge < -0.3 is 15.2 Å². The quantitative estimate of drug-likeness (QED) is 0.275. The zero-order valence-electron chi connectivity index (χ0n) is 19.1. The smallest absolute Gasteiger partial charge is 0.316 e. The SMILES string of the molecule is CCOc1ncc(Nc2cc([C@H](CC)CC(=O)O)ccc2-c2csc(-c3ccccc3)n2)cn1. The average molecular weight is 475 g/mol. The van der Waals surface area contributed by atoms with Crippen LogP contribution in [0.3, 0.4) is 0 Å². The van der Waals surface area contributed by atoms with Crippen LogP contribution in [0.2, 0.25) is 0 Å². The lowest BCUT2D eigenvalue weighted by atomic mass is 9.91. The maximum atomic E-state index is 11.4. The molecule has 0 aliphatic heterocycles. The topological polar surface area (TPSA) is 97.2 Å². The minimum absolute atomic E-state index is 0.0797. The Hall–Kier alpha value is -3.78. The summed E-state index contributed by atoms with van der Waals surface area (Å²) in [6.07, 6.45) is 4.14. The van der Waals surface area contributed by atoms with E-state index in [1.54, 1.807) is 23.7 Å². The molecule has 2 heterocycles. The van der Waals surface area contributed by atoms with Crippen molar-refractivity contribution in [2.24, 2.45) is 0 Å². The fourth-order valence-electron chi connectivity index (χ4n) is 3.70. The van der Waals surface area contributed by atoms with Crippen LogP contribution < -0.4 is 10.1 Å². The molecule has 8 heteroatoms. The second-order valence-corrected chi connectivity index (χ2v) is 8.58. The molecule has 4 aromatic rings. The van der Waals surface area contributed by atoms with E-state index in [9.17, 15) is 9.90 Å². The minimum Gasteiger partial charge on any atom is -0.481 e. The van der Waals surface area contributed by atoms with Crippen molar-refractivity contribution < 1.29 is 14.6 Å². The van der Waals surface area contributed by atoms with Crippen molar-refractivity contribution in [1.82, 2.24) is 15.0 Å². The highest BCUT2D eigenvalue weighted by Crippen LogP contribution is 2.37. The molecule has 1 atom stereocenters. The van der Waals surface area contributed by atoms with Crippen LogP contribution in [0.4, 0.5) is 11.4 Å². The monoisotopic (exact) mass is 474 g/mol. The Kier molecular flexibility index (Phi) is 7.49. The summed E-state index contributed by atoms with van der Waals surface area (Å²) >= 11 is 1.59. The third-order valence-electron chi connectivity index (χ3n) is 5.41. The first-order valence-corrected chi connectivity index (χ1v) is 12.0. The molecule has 7 nitrogen and oxygen atoms in total. The summed E-state index contributed by atoms with van der Waals surface area (Å²) in [6, 6.07) is 16.4. The summed E-state index contributed by atoms with van der Waals surface area (Å²) in [5, 5.41) is 15.7. The van der Waals surface area contributed by atoms with Crippen LogP contribution in [0.15, 0.2) is 66.3 Å². The molecule has 0 fully saturated rings. The largest absolute Gasteiger partial charge is 0.481 e. The Morgan fingerprint density at radius 3 is 2.56 bits per heavy atom. The van der Waals surface area contributed by atoms with Crippen LogP contribution in [0.25, 0.3) is 21.8 Å². The van der Waals surface area contributed by atoms with Crippen molar-refractivity contribution in [3.8, 4) is 27.8 Å². The number of rotatable bonds is 10. The Morgan fingerprint density at radius 2 is 1.88 bits per heavy atom. The van der Waals surface area contributed by atoms with Gasteiger partial charge in [-0.15, -0.1) is 11.3 Å². The molecule has 0 bridgehead atoms. The molecule has 34 heavy (non-hydrogen) atoms. The van der Waals surface area contributed by atoms with Gasteiger partial charge in [0.05, 0.1) is 36.8 Å². The van der Waals surface area contributed by atoms with E-state index in [4.69, 9.17) is 9.72 Å². The van der Waals surface area contributed by atoms with Crippen LogP contribution in [0, 0.1) is 0 Å². The summed E-state index contributed by atoms with van der Waals surface area (Å²) in [6.45, 7) is 4.38. The van der Waals surface area contributed by atoms with E-state index in [1.165, 1.54) is 0 Å². The van der Waals surface area contributed by atoms with Gasteiger partial charge in [0.15, 0.2) is 0 Å². The fraction of sp³-hybridized carbons (Fsp3) is 0.231. The van der Waals surface area contributed by atoms with Crippen molar-refractivity contribution >= 4 is 28.7 Å². The molecule has 0 saturated carbocycles. The first-order chi connectivity index (χ1) is 16.6. The molecule has 0 radical (unpaired) electrons. The number of aromatic nitrogens is 3. The lowest BCUT2D eigenvalue weighted by molar-refractivity contribution is -0.137. The Balaban J connectivity index is 1.71. The average Bonchev–Trinajstić information content (AvgIpc) is 3.34. The molecular weight excluding hydrogens is 448 g/mol. The molecule has 0 unspecified atom stereocenters. The van der Waals surface area contributed by atoms with Gasteiger partial charge in [0.2, 0.25) is 0 Å². The molecule has 0 aliphatic carbocycles. The lowest BCUT2D eigenvalue weighted by Gasteiger charge is -2.17. The van der Waals surface area contributed by atoms with Crippen LogP contribution in [0.5, 0.6) is 6.01 Å². The van der Waals surface area contributed by atoms with Crippen molar-refractivity contribution in [2.45, 2.75) is 32.6 Å². The van der Waals surface area contributed by atoms with Crippen LogP contribution in [-0.4, -0.2) is 32.6 Å². The van der Waals surface area contributed by atoms with E-state index >= 15 is 0 Å². The number of aliphatic carboxylic acids is 1. The highest BCUT2D eigenvalue weighted by molar-refractivity contribution is 7.13. The number of ether oxygens (including phenoxy) is 1. The first-order valence-electron chi connectivity index (χ1n) is 11.2. The van der Waals surface area contributed by atoms with Gasteiger partial charge in [0.1, 0.15) is 5.01 Å². The van der Waals surface area contributed by atoms with E-state index in [-0.39, 0.29) is 12.3 Å². The number of carbonyl (C=O) groups is 1. The summed E-state index contributed by atoms with van der Waals surface area (Å²) in [7, 11) is 0. The number of hydrogen-bond acceptors (Lipinski definition) is 7. The number of nitrogens with zero attached hydrogens (tertiary/aromatic N) is 3. The predicted molar refractivity (Wildman–Crippen MR) is 135 cm³/mol. The van der Waals surface area contributed by atoms with Crippen molar-refractivity contribution in [3.05, 3.63) is 71.9 Å². The number of anilines is 2. The lowest BCUT2D eigenvalue weighted by Crippen LogP contribution is -2.06. The van der Waals surface area contributed by atoms with Gasteiger partial charge in [0, 0.05) is 22.2 Å². The van der Waals surface area contributed by atoms with E-state index < -0.39 is 5.97 Å². The molecule has 2 aromatic carbocycles. The molecule has 2 N–H and O–H groups in total. The van der Waals surface area contributed by atoms with Crippen molar-refractivity contribution in [2.75, 3.05) is 11.9 Å². The molecule has 0 aliphatic rings. The summed E-state index contributed by atoms with van der Waals surface area (Å²) in [5.74, 6) is -0.892. The normalized spacial score (nSPS) is 11.7. The third-order valence-corrected chi connectivity index (χ3v) is 6.30. The summed E-state index contributed by atoms with van der Waals surface area (Å²) in [5.41, 5.74) is 5.31. The van der Waals surface area contributed by atoms with Gasteiger partial charge in [-0.05, 0) is 30.9 Å². The Labute approximate surface area is 202 Å². The maximum Gasteiger partial charge on any atom is 0.316 e. The Bertz CT molecular complexity index is 1240. The second kappa shape index (κ2) is 10.9. The second-order valence-electron chi connectivity index (χ2n) is 7.72. The predicted octanol–water partition coefficient (Wildman–Crippen LogP) is 6.38. The number of thiazole rings is 1. The third kappa shape index (κ3) is 5.58. The van der Waals surface area contributed by atoms with Crippen LogP contribution in [0.1, 0.15) is 38.2 Å². The zero-order valence-corrected chi connectivity index (χ0v) is 19.9. The first kappa shape index (κ1) is 23.4. The molecule has 0 saturated heterocycles. The maximum absolute atomic E-state index is 11.4. The molecule has 174 valence electrons.